The quantitative estimate of drug-likeness (QED) is 0.457. The van der Waals surface area contributed by atoms with E-state index in [0.29, 0.717) is 0 Å². The van der Waals surface area contributed by atoms with Gasteiger partial charge in [0.2, 0.25) is 11.0 Å². The van der Waals surface area contributed by atoms with Gasteiger partial charge in [0.05, 0.1) is 12.5 Å². The summed E-state index contributed by atoms with van der Waals surface area (Å²) in [6, 6.07) is 16.8. The van der Waals surface area contributed by atoms with E-state index in [1.165, 1.54) is 21.8 Å². The zero-order valence-corrected chi connectivity index (χ0v) is 9.97. The number of aryl methyl sites for hydroxylation is 1. The van der Waals surface area contributed by atoms with E-state index in [1.807, 2.05) is 6.07 Å². The molecule has 0 radical (unpaired) electrons. The van der Waals surface area contributed by atoms with Crippen LogP contribution in [0.25, 0.3) is 21.8 Å². The Hall–Kier alpha value is -2.09. The number of ether oxygens (including phenoxy) is 1. The van der Waals surface area contributed by atoms with E-state index < -0.39 is 0 Å². The second-order valence-corrected chi connectivity index (χ2v) is 4.19. The van der Waals surface area contributed by atoms with Gasteiger partial charge in [0.15, 0.2) is 0 Å². The van der Waals surface area contributed by atoms with Crippen LogP contribution in [0.4, 0.5) is 0 Å². The lowest BCUT2D eigenvalue weighted by Crippen LogP contribution is -2.29. The third-order valence-electron chi connectivity index (χ3n) is 3.21. The second-order valence-electron chi connectivity index (χ2n) is 4.19. The summed E-state index contributed by atoms with van der Waals surface area (Å²) in [6.07, 6.45) is 0. The lowest BCUT2D eigenvalue weighted by Gasteiger charge is -2.03. The normalized spacial score (nSPS) is 10.9. The van der Waals surface area contributed by atoms with Gasteiger partial charge >= 0.3 is 0 Å². The number of rotatable bonds is 1. The van der Waals surface area contributed by atoms with Crippen molar-refractivity contribution in [1.29, 1.82) is 0 Å². The van der Waals surface area contributed by atoms with Gasteiger partial charge in [-0.1, -0.05) is 12.1 Å². The Labute approximate surface area is 100 Å². The maximum absolute atomic E-state index is 5.26. The minimum absolute atomic E-state index is 0.896. The first-order valence-corrected chi connectivity index (χ1v) is 5.65. The number of aromatic nitrogens is 1. The maximum atomic E-state index is 5.26. The van der Waals surface area contributed by atoms with E-state index in [0.717, 1.165) is 5.75 Å². The maximum Gasteiger partial charge on any atom is 0.213 e. The Morgan fingerprint density at radius 1 is 0.882 bits per heavy atom. The Morgan fingerprint density at radius 3 is 2.47 bits per heavy atom. The van der Waals surface area contributed by atoms with Crippen LogP contribution in [0.2, 0.25) is 0 Å². The average molecular weight is 224 g/mol. The summed E-state index contributed by atoms with van der Waals surface area (Å²) in [5.74, 6) is 0.896. The summed E-state index contributed by atoms with van der Waals surface area (Å²) in [5, 5.41) is 2.45. The predicted octanol–water partition coefficient (Wildman–Crippen LogP) is 2.83. The molecule has 0 unspecified atom stereocenters. The van der Waals surface area contributed by atoms with Gasteiger partial charge < -0.3 is 4.74 Å². The molecule has 0 saturated heterocycles. The standard InChI is InChI=1S/C15H14NO/c1-16-14-6-4-3-5-11(14)9-12-10-13(17-2)7-8-15(12)16/h3-10H,1-2H3/q+1. The average Bonchev–Trinajstić information content (AvgIpc) is 2.38. The molecule has 1 heterocycles. The first kappa shape index (κ1) is 10.1. The molecule has 2 nitrogen and oxygen atoms in total. The fourth-order valence-electron chi connectivity index (χ4n) is 2.29. The fourth-order valence-corrected chi connectivity index (χ4v) is 2.29. The van der Waals surface area contributed by atoms with Crippen LogP contribution < -0.4 is 9.30 Å². The highest BCUT2D eigenvalue weighted by Crippen LogP contribution is 2.21. The van der Waals surface area contributed by atoms with Crippen molar-refractivity contribution in [2.75, 3.05) is 7.11 Å². The zero-order chi connectivity index (χ0) is 11.8. The third-order valence-corrected chi connectivity index (χ3v) is 3.21. The number of benzene rings is 2. The summed E-state index contributed by atoms with van der Waals surface area (Å²) < 4.78 is 7.48. The minimum Gasteiger partial charge on any atom is -0.497 e. The first-order valence-electron chi connectivity index (χ1n) is 5.65. The number of hydrogen-bond acceptors (Lipinski definition) is 1. The van der Waals surface area contributed by atoms with E-state index >= 15 is 0 Å². The first-order chi connectivity index (χ1) is 8.29. The molecule has 2 heteroatoms. The molecule has 17 heavy (non-hydrogen) atoms. The highest BCUT2D eigenvalue weighted by molar-refractivity contribution is 5.89. The molecule has 3 aromatic rings. The van der Waals surface area contributed by atoms with E-state index in [1.54, 1.807) is 7.11 Å². The molecule has 0 atom stereocenters. The number of pyridine rings is 1. The SMILES string of the molecule is COc1ccc2c(c1)cc1ccccc1[n+]2C. The van der Waals surface area contributed by atoms with Gasteiger partial charge in [-0.2, -0.15) is 4.57 Å². The van der Waals surface area contributed by atoms with Gasteiger partial charge in [0.25, 0.3) is 0 Å². The summed E-state index contributed by atoms with van der Waals surface area (Å²) in [4.78, 5) is 0. The zero-order valence-electron chi connectivity index (χ0n) is 9.97. The van der Waals surface area contributed by atoms with Crippen LogP contribution in [0, 0.1) is 0 Å². The molecule has 0 fully saturated rings. The van der Waals surface area contributed by atoms with Gasteiger partial charge in [-0.15, -0.1) is 0 Å². The molecule has 2 aromatic carbocycles. The number of para-hydroxylation sites is 1. The molecule has 0 aliphatic rings. The minimum atomic E-state index is 0.896. The van der Waals surface area contributed by atoms with Gasteiger partial charge in [0, 0.05) is 17.5 Å². The third kappa shape index (κ3) is 1.53. The molecule has 0 N–H and O–H groups in total. The lowest BCUT2D eigenvalue weighted by atomic mass is 10.1. The summed E-state index contributed by atoms with van der Waals surface area (Å²) in [6.45, 7) is 0. The van der Waals surface area contributed by atoms with Crippen LogP contribution in [0.15, 0.2) is 48.5 Å². The van der Waals surface area contributed by atoms with Crippen LogP contribution in [-0.4, -0.2) is 7.11 Å². The monoisotopic (exact) mass is 224 g/mol. The largest absolute Gasteiger partial charge is 0.497 e. The number of hydrogen-bond donors (Lipinski definition) is 0. The molecule has 0 spiro atoms. The molecule has 0 aliphatic carbocycles. The van der Waals surface area contributed by atoms with Crippen molar-refractivity contribution < 1.29 is 9.30 Å². The molecule has 1 aromatic heterocycles. The van der Waals surface area contributed by atoms with E-state index in [2.05, 4.69) is 54.1 Å². The van der Waals surface area contributed by atoms with Crippen molar-refractivity contribution in [2.24, 2.45) is 7.05 Å². The highest BCUT2D eigenvalue weighted by atomic mass is 16.5. The Morgan fingerprint density at radius 2 is 1.65 bits per heavy atom. The molecular formula is C15H14NO+. The van der Waals surface area contributed by atoms with Crippen LogP contribution in [0.3, 0.4) is 0 Å². The molecule has 84 valence electrons. The van der Waals surface area contributed by atoms with E-state index in [4.69, 9.17) is 4.74 Å². The molecule has 0 amide bonds. The van der Waals surface area contributed by atoms with Crippen molar-refractivity contribution >= 4 is 21.8 Å². The lowest BCUT2D eigenvalue weighted by molar-refractivity contribution is -0.617. The number of methoxy groups -OCH3 is 1. The fraction of sp³-hybridized carbons (Fsp3) is 0.133. The Balaban J connectivity index is 2.45. The van der Waals surface area contributed by atoms with Crippen LogP contribution in [0.1, 0.15) is 0 Å². The molecule has 0 saturated carbocycles. The van der Waals surface area contributed by atoms with Crippen molar-refractivity contribution in [3.63, 3.8) is 0 Å². The van der Waals surface area contributed by atoms with E-state index in [-0.39, 0.29) is 0 Å². The van der Waals surface area contributed by atoms with E-state index in [9.17, 15) is 0 Å². The summed E-state index contributed by atoms with van der Waals surface area (Å²) in [7, 11) is 3.79. The second kappa shape index (κ2) is 3.74. The Kier molecular flexibility index (Phi) is 2.22. The number of nitrogens with zero attached hydrogens (tertiary/aromatic N) is 1. The summed E-state index contributed by atoms with van der Waals surface area (Å²) >= 11 is 0. The van der Waals surface area contributed by atoms with Gasteiger partial charge in [-0.25, -0.2) is 0 Å². The summed E-state index contributed by atoms with van der Waals surface area (Å²) in [5.41, 5.74) is 2.45. The van der Waals surface area contributed by atoms with Crippen molar-refractivity contribution in [3.8, 4) is 5.75 Å². The van der Waals surface area contributed by atoms with Crippen LogP contribution in [0.5, 0.6) is 5.75 Å². The van der Waals surface area contributed by atoms with Crippen molar-refractivity contribution in [3.05, 3.63) is 48.5 Å². The topological polar surface area (TPSA) is 13.1 Å². The molecule has 0 bridgehead atoms. The van der Waals surface area contributed by atoms with Crippen LogP contribution in [-0.2, 0) is 7.05 Å². The van der Waals surface area contributed by atoms with Gasteiger partial charge in [-0.05, 0) is 24.3 Å². The van der Waals surface area contributed by atoms with Crippen LogP contribution >= 0.6 is 0 Å². The van der Waals surface area contributed by atoms with Gasteiger partial charge in [0.1, 0.15) is 12.8 Å². The Bertz CT molecular complexity index is 704. The van der Waals surface area contributed by atoms with Crippen molar-refractivity contribution in [2.45, 2.75) is 0 Å². The smallest absolute Gasteiger partial charge is 0.213 e. The molecular weight excluding hydrogens is 210 g/mol. The number of fused-ring (bicyclic) bond motifs is 2. The predicted molar refractivity (Wildman–Crippen MR) is 69.2 cm³/mol. The van der Waals surface area contributed by atoms with Gasteiger partial charge in [-0.3, -0.25) is 0 Å². The van der Waals surface area contributed by atoms with Crippen molar-refractivity contribution in [1.82, 2.24) is 0 Å². The highest BCUT2D eigenvalue weighted by Gasteiger charge is 2.11. The molecule has 3 rings (SSSR count). The molecule has 0 aliphatic heterocycles.